The van der Waals surface area contributed by atoms with Crippen molar-refractivity contribution in [1.82, 2.24) is 29.9 Å². The van der Waals surface area contributed by atoms with Crippen molar-refractivity contribution in [2.45, 2.75) is 51.1 Å². The van der Waals surface area contributed by atoms with E-state index in [-0.39, 0.29) is 16.1 Å². The van der Waals surface area contributed by atoms with E-state index in [2.05, 4.69) is 25.5 Å². The number of anilines is 2. The van der Waals surface area contributed by atoms with Gasteiger partial charge in [0.15, 0.2) is 0 Å². The van der Waals surface area contributed by atoms with E-state index in [0.29, 0.717) is 17.3 Å². The Bertz CT molecular complexity index is 1290. The lowest BCUT2D eigenvalue weighted by Gasteiger charge is -2.35. The molecule has 9 nitrogen and oxygen atoms in total. The molecule has 198 valence electrons. The average molecular weight is 517 g/mol. The summed E-state index contributed by atoms with van der Waals surface area (Å²) < 4.78 is 42.3. The first kappa shape index (κ1) is 25.2. The lowest BCUT2D eigenvalue weighted by Crippen LogP contribution is -2.46. The van der Waals surface area contributed by atoms with Crippen LogP contribution in [0.15, 0.2) is 47.8 Å². The maximum absolute atomic E-state index is 13.1. The standard InChI is InChI=1S/C25H31F3N8O/c1-17(36-16-23(31-32-36)19-10-22(14-29-13-19)33(2)25(26,27)28)35-9-7-21(11-24(35)37)34-8-3-4-20(15-34)30-12-18-5-6-18/h7,9-11,13-14,16-18,20,30H,3-6,8,12,15H2,1-2H3/t17?,20-/m1/s1. The van der Waals surface area contributed by atoms with Crippen LogP contribution in [-0.2, 0) is 0 Å². The highest BCUT2D eigenvalue weighted by Crippen LogP contribution is 2.30. The maximum atomic E-state index is 13.1. The predicted octanol–water partition coefficient (Wildman–Crippen LogP) is 3.49. The molecule has 2 atom stereocenters. The zero-order valence-electron chi connectivity index (χ0n) is 20.9. The van der Waals surface area contributed by atoms with Gasteiger partial charge >= 0.3 is 6.30 Å². The summed E-state index contributed by atoms with van der Waals surface area (Å²) in [6, 6.07) is 5.39. The molecule has 0 amide bonds. The fraction of sp³-hybridized carbons (Fsp3) is 0.520. The highest BCUT2D eigenvalue weighted by Gasteiger charge is 2.34. The van der Waals surface area contributed by atoms with Gasteiger partial charge in [-0.15, -0.1) is 5.10 Å². The molecule has 3 aromatic heterocycles. The third-order valence-electron chi connectivity index (χ3n) is 7.19. The molecule has 0 spiro atoms. The molecule has 2 fully saturated rings. The molecule has 1 unspecified atom stereocenters. The SMILES string of the molecule is CC(n1cc(-c2cncc(N(C)C(F)(F)F)c2)nn1)n1ccc(N2CCC[C@@H](NCC3CC3)C2)cc1=O. The number of piperidine rings is 1. The molecular weight excluding hydrogens is 485 g/mol. The van der Waals surface area contributed by atoms with Crippen LogP contribution in [0.4, 0.5) is 24.5 Å². The molecule has 0 radical (unpaired) electrons. The fourth-order valence-corrected chi connectivity index (χ4v) is 4.64. The van der Waals surface area contributed by atoms with Crippen molar-refractivity contribution in [2.75, 3.05) is 36.5 Å². The first-order chi connectivity index (χ1) is 17.7. The number of hydrogen-bond donors (Lipinski definition) is 1. The summed E-state index contributed by atoms with van der Waals surface area (Å²) in [5, 5.41) is 11.9. The minimum Gasteiger partial charge on any atom is -0.370 e. The van der Waals surface area contributed by atoms with Crippen molar-refractivity contribution in [1.29, 1.82) is 0 Å². The van der Waals surface area contributed by atoms with Crippen LogP contribution in [0.2, 0.25) is 0 Å². The Labute approximate surface area is 212 Å². The molecule has 0 aromatic carbocycles. The average Bonchev–Trinajstić information content (AvgIpc) is 3.59. The summed E-state index contributed by atoms with van der Waals surface area (Å²) in [6.07, 6.45) is 5.80. The molecule has 12 heteroatoms. The topological polar surface area (TPSA) is 84.1 Å². The van der Waals surface area contributed by atoms with Gasteiger partial charge in [-0.05, 0) is 57.2 Å². The Morgan fingerprint density at radius 2 is 2.03 bits per heavy atom. The molecule has 0 bridgehead atoms. The van der Waals surface area contributed by atoms with Gasteiger partial charge in [-0.1, -0.05) is 5.21 Å². The van der Waals surface area contributed by atoms with Crippen LogP contribution in [0.1, 0.15) is 38.8 Å². The van der Waals surface area contributed by atoms with Crippen LogP contribution in [0.3, 0.4) is 0 Å². The number of pyridine rings is 2. The van der Waals surface area contributed by atoms with Crippen LogP contribution in [0.5, 0.6) is 0 Å². The van der Waals surface area contributed by atoms with Gasteiger partial charge in [0.25, 0.3) is 5.56 Å². The highest BCUT2D eigenvalue weighted by atomic mass is 19.4. The summed E-state index contributed by atoms with van der Waals surface area (Å²) >= 11 is 0. The van der Waals surface area contributed by atoms with E-state index in [4.69, 9.17) is 0 Å². The van der Waals surface area contributed by atoms with Crippen LogP contribution in [0.25, 0.3) is 11.3 Å². The Morgan fingerprint density at radius 1 is 1.22 bits per heavy atom. The summed E-state index contributed by atoms with van der Waals surface area (Å²) in [7, 11) is 0.935. The van der Waals surface area contributed by atoms with E-state index in [9.17, 15) is 18.0 Å². The fourth-order valence-electron chi connectivity index (χ4n) is 4.64. The van der Waals surface area contributed by atoms with Gasteiger partial charge in [-0.3, -0.25) is 19.2 Å². The number of rotatable bonds is 8. The zero-order chi connectivity index (χ0) is 26.2. The Balaban J connectivity index is 1.29. The predicted molar refractivity (Wildman–Crippen MR) is 134 cm³/mol. The van der Waals surface area contributed by atoms with Crippen LogP contribution < -0.4 is 20.7 Å². The molecule has 1 aliphatic heterocycles. The lowest BCUT2D eigenvalue weighted by molar-refractivity contribution is -0.125. The van der Waals surface area contributed by atoms with Gasteiger partial charge in [0, 0.05) is 55.9 Å². The van der Waals surface area contributed by atoms with Crippen molar-refractivity contribution >= 4 is 11.4 Å². The summed E-state index contributed by atoms with van der Waals surface area (Å²) in [4.78, 5) is 19.4. The molecule has 4 heterocycles. The first-order valence-electron chi connectivity index (χ1n) is 12.6. The minimum atomic E-state index is -4.53. The molecular formula is C25H31F3N8O. The molecule has 37 heavy (non-hydrogen) atoms. The molecule has 5 rings (SSSR count). The van der Waals surface area contributed by atoms with Crippen molar-refractivity contribution < 1.29 is 13.2 Å². The quantitative estimate of drug-likeness (QED) is 0.459. The molecule has 1 aliphatic carbocycles. The van der Waals surface area contributed by atoms with E-state index in [1.54, 1.807) is 23.0 Å². The van der Waals surface area contributed by atoms with Gasteiger partial charge < -0.3 is 10.2 Å². The van der Waals surface area contributed by atoms with E-state index >= 15 is 0 Å². The first-order valence-corrected chi connectivity index (χ1v) is 12.6. The second-order valence-electron chi connectivity index (χ2n) is 9.94. The molecule has 3 aromatic rings. The van der Waals surface area contributed by atoms with Gasteiger partial charge in [-0.25, -0.2) is 4.68 Å². The monoisotopic (exact) mass is 516 g/mol. The lowest BCUT2D eigenvalue weighted by atomic mass is 10.0. The number of nitrogens with zero attached hydrogens (tertiary/aromatic N) is 7. The van der Waals surface area contributed by atoms with Gasteiger partial charge in [-0.2, -0.15) is 13.2 Å². The summed E-state index contributed by atoms with van der Waals surface area (Å²) in [5.74, 6) is 0.833. The number of alkyl halides is 3. The van der Waals surface area contributed by atoms with E-state index in [1.165, 1.54) is 29.8 Å². The third-order valence-corrected chi connectivity index (χ3v) is 7.19. The number of halogens is 3. The van der Waals surface area contributed by atoms with Crippen molar-refractivity contribution in [2.24, 2.45) is 5.92 Å². The molecule has 1 saturated carbocycles. The number of nitrogens with one attached hydrogen (secondary N) is 1. The van der Waals surface area contributed by atoms with Crippen molar-refractivity contribution in [3.05, 3.63) is 53.3 Å². The van der Waals surface area contributed by atoms with Crippen molar-refractivity contribution in [3.8, 4) is 11.3 Å². The van der Waals surface area contributed by atoms with Gasteiger partial charge in [0.05, 0.1) is 18.1 Å². The largest absolute Gasteiger partial charge is 0.484 e. The molecule has 1 saturated heterocycles. The Hall–Kier alpha value is -3.41. The van der Waals surface area contributed by atoms with Crippen LogP contribution >= 0.6 is 0 Å². The smallest absolute Gasteiger partial charge is 0.370 e. The number of hydrogen-bond acceptors (Lipinski definition) is 7. The van der Waals surface area contributed by atoms with E-state index in [0.717, 1.165) is 57.3 Å². The second kappa shape index (κ2) is 10.2. The van der Waals surface area contributed by atoms with E-state index < -0.39 is 12.5 Å². The van der Waals surface area contributed by atoms with Crippen LogP contribution in [0, 0.1) is 5.92 Å². The zero-order valence-corrected chi connectivity index (χ0v) is 20.9. The third kappa shape index (κ3) is 5.79. The highest BCUT2D eigenvalue weighted by molar-refractivity contribution is 5.63. The van der Waals surface area contributed by atoms with Crippen molar-refractivity contribution in [3.63, 3.8) is 0 Å². The summed E-state index contributed by atoms with van der Waals surface area (Å²) in [6.45, 7) is 4.69. The van der Waals surface area contributed by atoms with Gasteiger partial charge in [0.1, 0.15) is 11.9 Å². The molecule has 1 N–H and O–H groups in total. The van der Waals surface area contributed by atoms with Crippen LogP contribution in [-0.4, -0.2) is 63.6 Å². The number of aromatic nitrogens is 5. The second-order valence-corrected chi connectivity index (χ2v) is 9.94. The van der Waals surface area contributed by atoms with Gasteiger partial charge in [0.2, 0.25) is 0 Å². The summed E-state index contributed by atoms with van der Waals surface area (Å²) in [5.41, 5.74) is 1.39. The Kier molecular flexibility index (Phi) is 6.93. The normalized spacial score (nSPS) is 19.2. The molecule has 2 aliphatic rings. The maximum Gasteiger partial charge on any atom is 0.484 e. The Morgan fingerprint density at radius 3 is 2.76 bits per heavy atom. The van der Waals surface area contributed by atoms with E-state index in [1.807, 2.05) is 13.0 Å². The minimum absolute atomic E-state index is 0.109.